The molecular formula is C17H12N2O7. The second kappa shape index (κ2) is 7.71. The molecule has 132 valence electrons. The van der Waals surface area contributed by atoms with Crippen molar-refractivity contribution >= 4 is 35.3 Å². The number of rotatable bonds is 6. The highest BCUT2D eigenvalue weighted by atomic mass is 16.6. The Kier molecular flexibility index (Phi) is 5.43. The number of nitrogens with one attached hydrogen (secondary N) is 1. The van der Waals surface area contributed by atoms with E-state index in [1.807, 2.05) is 0 Å². The molecule has 0 aromatic heterocycles. The Morgan fingerprint density at radius 2 is 1.62 bits per heavy atom. The Hall–Kier alpha value is -4.01. The fraction of sp³-hybridized carbons (Fsp3) is 0. The summed E-state index contributed by atoms with van der Waals surface area (Å²) >= 11 is 0. The summed E-state index contributed by atoms with van der Waals surface area (Å²) in [5, 5.41) is 31.1. The smallest absolute Gasteiger partial charge is 0.335 e. The van der Waals surface area contributed by atoms with Crippen LogP contribution in [0.4, 0.5) is 11.4 Å². The monoisotopic (exact) mass is 356 g/mol. The molecule has 9 nitrogen and oxygen atoms in total. The van der Waals surface area contributed by atoms with Gasteiger partial charge in [0.1, 0.15) is 0 Å². The fourth-order valence-corrected chi connectivity index (χ4v) is 2.04. The summed E-state index contributed by atoms with van der Waals surface area (Å²) < 4.78 is 0. The lowest BCUT2D eigenvalue weighted by molar-refractivity contribution is -0.384. The summed E-state index contributed by atoms with van der Waals surface area (Å²) in [5.41, 5.74) is -0.297. The molecule has 1 amide bonds. The van der Waals surface area contributed by atoms with Crippen LogP contribution in [0.1, 0.15) is 26.3 Å². The molecule has 0 aliphatic carbocycles. The summed E-state index contributed by atoms with van der Waals surface area (Å²) in [6, 6.07) is 8.82. The molecule has 0 radical (unpaired) electrons. The lowest BCUT2D eigenvalue weighted by Gasteiger charge is -2.06. The maximum Gasteiger partial charge on any atom is 0.335 e. The first-order valence-electron chi connectivity index (χ1n) is 7.11. The highest BCUT2D eigenvalue weighted by molar-refractivity contribution is 6.04. The first kappa shape index (κ1) is 18.3. The van der Waals surface area contributed by atoms with Crippen LogP contribution < -0.4 is 5.32 Å². The molecule has 0 aliphatic rings. The number of anilines is 1. The molecule has 0 atom stereocenters. The molecule has 3 N–H and O–H groups in total. The van der Waals surface area contributed by atoms with E-state index in [1.54, 1.807) is 6.07 Å². The van der Waals surface area contributed by atoms with Crippen LogP contribution in [0.25, 0.3) is 6.08 Å². The van der Waals surface area contributed by atoms with Crippen LogP contribution in [-0.4, -0.2) is 33.0 Å². The summed E-state index contributed by atoms with van der Waals surface area (Å²) in [4.78, 5) is 44.2. The number of carboxylic acid groups (broad SMARTS) is 2. The van der Waals surface area contributed by atoms with Gasteiger partial charge in [-0.15, -0.1) is 0 Å². The molecule has 0 unspecified atom stereocenters. The summed E-state index contributed by atoms with van der Waals surface area (Å²) in [5.74, 6) is -3.33. The van der Waals surface area contributed by atoms with Crippen LogP contribution in [-0.2, 0) is 4.79 Å². The Morgan fingerprint density at radius 3 is 2.15 bits per heavy atom. The van der Waals surface area contributed by atoms with Gasteiger partial charge in [0.15, 0.2) is 0 Å². The zero-order valence-corrected chi connectivity index (χ0v) is 13.1. The van der Waals surface area contributed by atoms with Crippen molar-refractivity contribution in [3.05, 3.63) is 75.3 Å². The highest BCUT2D eigenvalue weighted by Gasteiger charge is 2.12. The van der Waals surface area contributed by atoms with Crippen LogP contribution in [0, 0.1) is 10.1 Å². The zero-order valence-electron chi connectivity index (χ0n) is 13.1. The van der Waals surface area contributed by atoms with E-state index in [0.717, 1.165) is 24.3 Å². The van der Waals surface area contributed by atoms with Crippen molar-refractivity contribution in [3.8, 4) is 0 Å². The van der Waals surface area contributed by atoms with Crippen molar-refractivity contribution in [1.29, 1.82) is 0 Å². The number of carbonyl (C=O) groups excluding carboxylic acids is 1. The van der Waals surface area contributed by atoms with Gasteiger partial charge in [0.25, 0.3) is 5.69 Å². The number of aromatic carboxylic acids is 2. The largest absolute Gasteiger partial charge is 0.478 e. The Balaban J connectivity index is 2.19. The maximum absolute atomic E-state index is 11.9. The van der Waals surface area contributed by atoms with Crippen LogP contribution in [0.3, 0.4) is 0 Å². The van der Waals surface area contributed by atoms with Gasteiger partial charge in [0.2, 0.25) is 5.91 Å². The number of carboxylic acids is 2. The minimum Gasteiger partial charge on any atom is -0.478 e. The van der Waals surface area contributed by atoms with Gasteiger partial charge < -0.3 is 15.5 Å². The third-order valence-electron chi connectivity index (χ3n) is 3.20. The molecule has 0 fully saturated rings. The molecule has 0 bridgehead atoms. The predicted molar refractivity (Wildman–Crippen MR) is 91.1 cm³/mol. The van der Waals surface area contributed by atoms with Gasteiger partial charge in [-0.1, -0.05) is 12.1 Å². The van der Waals surface area contributed by atoms with Crippen molar-refractivity contribution in [1.82, 2.24) is 0 Å². The average Bonchev–Trinajstić information content (AvgIpc) is 2.59. The molecule has 0 saturated heterocycles. The van der Waals surface area contributed by atoms with E-state index in [1.165, 1.54) is 24.3 Å². The first-order chi connectivity index (χ1) is 12.3. The van der Waals surface area contributed by atoms with Gasteiger partial charge in [0.05, 0.1) is 16.1 Å². The maximum atomic E-state index is 11.9. The van der Waals surface area contributed by atoms with Crippen molar-refractivity contribution < 1.29 is 29.5 Å². The van der Waals surface area contributed by atoms with Crippen molar-refractivity contribution in [3.63, 3.8) is 0 Å². The Bertz CT molecular complexity index is 902. The third-order valence-corrected chi connectivity index (χ3v) is 3.20. The number of hydrogen-bond donors (Lipinski definition) is 3. The normalized spacial score (nSPS) is 10.5. The lowest BCUT2D eigenvalue weighted by atomic mass is 10.1. The van der Waals surface area contributed by atoms with Gasteiger partial charge in [0, 0.05) is 23.9 Å². The van der Waals surface area contributed by atoms with Crippen molar-refractivity contribution in [2.45, 2.75) is 0 Å². The van der Waals surface area contributed by atoms with E-state index >= 15 is 0 Å². The number of nitrogens with zero attached hydrogens (tertiary/aromatic N) is 1. The zero-order chi connectivity index (χ0) is 19.3. The molecule has 0 saturated carbocycles. The van der Waals surface area contributed by atoms with E-state index < -0.39 is 22.8 Å². The number of nitro benzene ring substituents is 1. The van der Waals surface area contributed by atoms with E-state index in [0.29, 0.717) is 5.56 Å². The SMILES string of the molecule is O=C(/C=C/c1cccc([N+](=O)[O-])c1)Nc1cc(C(=O)O)cc(C(=O)O)c1. The van der Waals surface area contributed by atoms with Crippen molar-refractivity contribution in [2.24, 2.45) is 0 Å². The predicted octanol–water partition coefficient (Wildman–Crippen LogP) is 2.64. The third kappa shape index (κ3) is 4.74. The quantitative estimate of drug-likeness (QED) is 0.409. The molecular weight excluding hydrogens is 344 g/mol. The van der Waals surface area contributed by atoms with E-state index in [2.05, 4.69) is 5.32 Å². The minimum atomic E-state index is -1.34. The van der Waals surface area contributed by atoms with Gasteiger partial charge in [-0.05, 0) is 29.8 Å². The molecule has 2 aromatic carbocycles. The molecule has 0 aliphatic heterocycles. The van der Waals surface area contributed by atoms with Crippen LogP contribution in [0.2, 0.25) is 0 Å². The molecule has 26 heavy (non-hydrogen) atoms. The van der Waals surface area contributed by atoms with Crippen molar-refractivity contribution in [2.75, 3.05) is 5.32 Å². The van der Waals surface area contributed by atoms with E-state index in [4.69, 9.17) is 10.2 Å². The number of carbonyl (C=O) groups is 3. The number of hydrogen-bond acceptors (Lipinski definition) is 5. The van der Waals surface area contributed by atoms with Crippen LogP contribution >= 0.6 is 0 Å². The topological polar surface area (TPSA) is 147 Å². The van der Waals surface area contributed by atoms with Gasteiger partial charge in [-0.2, -0.15) is 0 Å². The molecule has 9 heteroatoms. The minimum absolute atomic E-state index is 0.00371. The average molecular weight is 356 g/mol. The van der Waals surface area contributed by atoms with Crippen LogP contribution in [0.5, 0.6) is 0 Å². The van der Waals surface area contributed by atoms with Gasteiger partial charge in [-0.3, -0.25) is 14.9 Å². The molecule has 0 spiro atoms. The second-order valence-electron chi connectivity index (χ2n) is 5.08. The molecule has 2 rings (SSSR count). The standard InChI is InChI=1S/C17H12N2O7/c20-15(5-4-10-2-1-3-14(6-10)19(25)26)18-13-8-11(16(21)22)7-12(9-13)17(23)24/h1-9H,(H,18,20)(H,21,22)(H,23,24)/b5-4+. The van der Waals surface area contributed by atoms with E-state index in [9.17, 15) is 24.5 Å². The van der Waals surface area contributed by atoms with E-state index in [-0.39, 0.29) is 22.5 Å². The highest BCUT2D eigenvalue weighted by Crippen LogP contribution is 2.17. The summed E-state index contributed by atoms with van der Waals surface area (Å²) in [7, 11) is 0. The number of amides is 1. The summed E-state index contributed by atoms with van der Waals surface area (Å²) in [6.45, 7) is 0. The fourth-order valence-electron chi connectivity index (χ4n) is 2.04. The number of non-ortho nitro benzene ring substituents is 1. The number of nitro groups is 1. The van der Waals surface area contributed by atoms with Gasteiger partial charge >= 0.3 is 11.9 Å². The number of benzene rings is 2. The molecule has 2 aromatic rings. The second-order valence-corrected chi connectivity index (χ2v) is 5.08. The summed E-state index contributed by atoms with van der Waals surface area (Å²) in [6.07, 6.45) is 2.43. The van der Waals surface area contributed by atoms with Gasteiger partial charge in [-0.25, -0.2) is 9.59 Å². The first-order valence-corrected chi connectivity index (χ1v) is 7.11. The van der Waals surface area contributed by atoms with Crippen LogP contribution in [0.15, 0.2) is 48.5 Å². The Morgan fingerprint density at radius 1 is 1.00 bits per heavy atom. The molecule has 0 heterocycles. The Labute approximate surface area is 146 Å². The lowest BCUT2D eigenvalue weighted by Crippen LogP contribution is -2.10.